The van der Waals surface area contributed by atoms with Crippen LogP contribution in [0.2, 0.25) is 0 Å². The fourth-order valence-electron chi connectivity index (χ4n) is 4.80. The largest absolute Gasteiger partial charge is 0.496 e. The Hall–Kier alpha value is -2.90. The molecule has 0 radical (unpaired) electrons. The van der Waals surface area contributed by atoms with Crippen LogP contribution < -0.4 is 10.1 Å². The average Bonchev–Trinajstić information content (AvgIpc) is 3.35. The van der Waals surface area contributed by atoms with Gasteiger partial charge in [-0.3, -0.25) is 4.79 Å². The summed E-state index contributed by atoms with van der Waals surface area (Å²) in [6.07, 6.45) is 1.10. The standard InChI is InChI=1S/C27H31NO5S/c1-16(2)32-10-11-33-27(30)24-17(3)28-21-13-19(20-7-5-6-8-23(20)31-4)14-22(29)26(21)25(24)18-9-12-34-15-18/h5-9,12,15-16,19,25,28H,10-11,13-14H2,1-4H3/t19-,25+/m1/s1. The second kappa shape index (κ2) is 10.6. The van der Waals surface area contributed by atoms with Crippen molar-refractivity contribution >= 4 is 23.1 Å². The molecule has 1 aromatic heterocycles. The number of ketones is 1. The van der Waals surface area contributed by atoms with Crippen LogP contribution in [0.15, 0.2) is 63.6 Å². The first-order valence-corrected chi connectivity index (χ1v) is 12.5. The van der Waals surface area contributed by atoms with Gasteiger partial charge in [-0.2, -0.15) is 11.3 Å². The Morgan fingerprint density at radius 3 is 2.68 bits per heavy atom. The number of Topliss-reactive ketones (excluding diaryl/α,β-unsaturated/α-hetero) is 1. The first kappa shape index (κ1) is 24.2. The van der Waals surface area contributed by atoms with E-state index in [1.165, 1.54) is 0 Å². The average molecular weight is 482 g/mol. The van der Waals surface area contributed by atoms with Gasteiger partial charge in [0.05, 0.1) is 25.4 Å². The van der Waals surface area contributed by atoms with Crippen LogP contribution in [0.1, 0.15) is 56.6 Å². The molecular weight excluding hydrogens is 450 g/mol. The van der Waals surface area contributed by atoms with E-state index >= 15 is 0 Å². The number of hydrogen-bond donors (Lipinski definition) is 1. The predicted octanol–water partition coefficient (Wildman–Crippen LogP) is 5.09. The van der Waals surface area contributed by atoms with Crippen molar-refractivity contribution in [2.24, 2.45) is 0 Å². The molecule has 1 N–H and O–H groups in total. The summed E-state index contributed by atoms with van der Waals surface area (Å²) in [6, 6.07) is 9.82. The summed E-state index contributed by atoms with van der Waals surface area (Å²) >= 11 is 1.55. The molecule has 0 unspecified atom stereocenters. The second-order valence-electron chi connectivity index (χ2n) is 8.87. The van der Waals surface area contributed by atoms with E-state index in [1.54, 1.807) is 18.4 Å². The Balaban J connectivity index is 1.65. The molecule has 2 heterocycles. The highest BCUT2D eigenvalue weighted by molar-refractivity contribution is 7.08. The molecule has 2 atom stereocenters. The lowest BCUT2D eigenvalue weighted by atomic mass is 9.72. The molecule has 2 aromatic rings. The maximum atomic E-state index is 13.6. The van der Waals surface area contributed by atoms with Crippen molar-refractivity contribution in [2.75, 3.05) is 20.3 Å². The van der Waals surface area contributed by atoms with Crippen molar-refractivity contribution in [1.82, 2.24) is 5.32 Å². The van der Waals surface area contributed by atoms with E-state index in [-0.39, 0.29) is 24.4 Å². The van der Waals surface area contributed by atoms with Crippen molar-refractivity contribution in [3.63, 3.8) is 0 Å². The molecular formula is C27H31NO5S. The lowest BCUT2D eigenvalue weighted by Gasteiger charge is -2.36. The second-order valence-corrected chi connectivity index (χ2v) is 9.65. The number of carbonyl (C=O) groups is 2. The van der Waals surface area contributed by atoms with Gasteiger partial charge >= 0.3 is 5.97 Å². The zero-order valence-electron chi connectivity index (χ0n) is 20.1. The van der Waals surface area contributed by atoms with Crippen LogP contribution >= 0.6 is 11.3 Å². The minimum atomic E-state index is -0.438. The van der Waals surface area contributed by atoms with Gasteiger partial charge in [-0.1, -0.05) is 18.2 Å². The van der Waals surface area contributed by atoms with Gasteiger partial charge in [0.1, 0.15) is 12.4 Å². The SMILES string of the molecule is COc1ccccc1[C@H]1CC(=O)C2=C(C1)NC(C)=C(C(=O)OCCOC(C)C)[C@@H]2c1ccsc1. The number of esters is 1. The van der Waals surface area contributed by atoms with E-state index < -0.39 is 11.9 Å². The molecule has 1 aromatic carbocycles. The van der Waals surface area contributed by atoms with Crippen LogP contribution in [0, 0.1) is 0 Å². The maximum absolute atomic E-state index is 13.6. The van der Waals surface area contributed by atoms with Crippen LogP contribution in [0.4, 0.5) is 0 Å². The summed E-state index contributed by atoms with van der Waals surface area (Å²) < 4.78 is 16.6. The molecule has 1 aliphatic heterocycles. The predicted molar refractivity (Wildman–Crippen MR) is 132 cm³/mol. The van der Waals surface area contributed by atoms with Crippen LogP contribution in [0.5, 0.6) is 5.75 Å². The number of ether oxygens (including phenoxy) is 3. The Labute approximate surface area is 204 Å². The van der Waals surface area contributed by atoms with Crippen LogP contribution in [-0.2, 0) is 19.1 Å². The minimum absolute atomic E-state index is 0.00695. The quantitative estimate of drug-likeness (QED) is 0.418. The van der Waals surface area contributed by atoms with Crippen molar-refractivity contribution in [2.45, 2.75) is 51.6 Å². The number of carbonyl (C=O) groups excluding carboxylic acids is 2. The lowest BCUT2D eigenvalue weighted by molar-refractivity contribution is -0.141. The third-order valence-electron chi connectivity index (χ3n) is 6.27. The Morgan fingerprint density at radius 1 is 1.18 bits per heavy atom. The number of para-hydroxylation sites is 1. The van der Waals surface area contributed by atoms with Gasteiger partial charge in [0.2, 0.25) is 0 Å². The van der Waals surface area contributed by atoms with E-state index in [0.717, 1.165) is 28.3 Å². The van der Waals surface area contributed by atoms with Crippen LogP contribution in [0.3, 0.4) is 0 Å². The molecule has 0 bridgehead atoms. The monoisotopic (exact) mass is 481 g/mol. The highest BCUT2D eigenvalue weighted by Gasteiger charge is 2.41. The third kappa shape index (κ3) is 4.95. The third-order valence-corrected chi connectivity index (χ3v) is 6.97. The number of methoxy groups -OCH3 is 1. The summed E-state index contributed by atoms with van der Waals surface area (Å²) in [4.78, 5) is 26.8. The number of rotatable bonds is 8. The highest BCUT2D eigenvalue weighted by Crippen LogP contribution is 2.47. The molecule has 7 heteroatoms. The summed E-state index contributed by atoms with van der Waals surface area (Å²) in [5, 5.41) is 7.36. The lowest BCUT2D eigenvalue weighted by Crippen LogP contribution is -2.36. The van der Waals surface area contributed by atoms with Crippen molar-refractivity contribution in [3.8, 4) is 5.75 Å². The van der Waals surface area contributed by atoms with Gasteiger partial charge in [-0.15, -0.1) is 0 Å². The first-order valence-electron chi connectivity index (χ1n) is 11.6. The molecule has 0 saturated carbocycles. The Morgan fingerprint density at radius 2 is 1.97 bits per heavy atom. The van der Waals surface area contributed by atoms with Gasteiger partial charge in [-0.25, -0.2) is 4.79 Å². The zero-order chi connectivity index (χ0) is 24.2. The molecule has 1 aliphatic carbocycles. The van der Waals surface area contributed by atoms with E-state index in [4.69, 9.17) is 14.2 Å². The Bertz CT molecular complexity index is 1120. The van der Waals surface area contributed by atoms with Gasteiger partial charge in [0, 0.05) is 35.2 Å². The highest BCUT2D eigenvalue weighted by atomic mass is 32.1. The maximum Gasteiger partial charge on any atom is 0.336 e. The number of benzene rings is 1. The number of thiophene rings is 1. The Kier molecular flexibility index (Phi) is 7.54. The summed E-state index contributed by atoms with van der Waals surface area (Å²) in [6.45, 7) is 6.25. The molecule has 6 nitrogen and oxygen atoms in total. The van der Waals surface area contributed by atoms with Gasteiger partial charge in [0.25, 0.3) is 0 Å². The van der Waals surface area contributed by atoms with Crippen LogP contribution in [0.25, 0.3) is 0 Å². The van der Waals surface area contributed by atoms with Gasteiger partial charge in [0.15, 0.2) is 5.78 Å². The van der Waals surface area contributed by atoms with Crippen molar-refractivity contribution in [1.29, 1.82) is 0 Å². The van der Waals surface area contributed by atoms with E-state index in [1.807, 2.05) is 61.9 Å². The van der Waals surface area contributed by atoms with E-state index in [2.05, 4.69) is 5.32 Å². The molecule has 4 rings (SSSR count). The normalized spacial score (nSPS) is 20.3. The number of dihydropyridines is 1. The van der Waals surface area contributed by atoms with E-state index in [9.17, 15) is 9.59 Å². The summed E-state index contributed by atoms with van der Waals surface area (Å²) in [5.74, 6) is -0.0177. The topological polar surface area (TPSA) is 73.9 Å². The minimum Gasteiger partial charge on any atom is -0.496 e. The molecule has 0 fully saturated rings. The van der Waals surface area contributed by atoms with E-state index in [0.29, 0.717) is 30.6 Å². The van der Waals surface area contributed by atoms with Crippen LogP contribution in [-0.4, -0.2) is 38.2 Å². The molecule has 0 amide bonds. The number of allylic oxidation sites excluding steroid dienone is 3. The van der Waals surface area contributed by atoms with Gasteiger partial charge in [-0.05, 0) is 61.2 Å². The first-order chi connectivity index (χ1) is 16.4. The summed E-state index contributed by atoms with van der Waals surface area (Å²) in [5.41, 5.74) is 4.72. The van der Waals surface area contributed by atoms with Crippen molar-refractivity contribution in [3.05, 3.63) is 74.8 Å². The zero-order valence-corrected chi connectivity index (χ0v) is 20.9. The smallest absolute Gasteiger partial charge is 0.336 e. The molecule has 34 heavy (non-hydrogen) atoms. The molecule has 2 aliphatic rings. The molecule has 0 spiro atoms. The fraction of sp³-hybridized carbons (Fsp3) is 0.407. The number of nitrogens with one attached hydrogen (secondary N) is 1. The van der Waals surface area contributed by atoms with Crippen molar-refractivity contribution < 1.29 is 23.8 Å². The van der Waals surface area contributed by atoms with Gasteiger partial charge < -0.3 is 19.5 Å². The molecule has 0 saturated heterocycles. The fourth-order valence-corrected chi connectivity index (χ4v) is 5.49. The summed E-state index contributed by atoms with van der Waals surface area (Å²) in [7, 11) is 1.65. The molecule has 180 valence electrons. The number of hydrogen-bond acceptors (Lipinski definition) is 7.